The zero-order chi connectivity index (χ0) is 25.7. The van der Waals surface area contributed by atoms with Gasteiger partial charge in [-0.2, -0.15) is 13.2 Å². The van der Waals surface area contributed by atoms with Crippen LogP contribution >= 0.6 is 0 Å². The number of aromatic nitrogens is 1. The van der Waals surface area contributed by atoms with Crippen molar-refractivity contribution in [1.29, 1.82) is 0 Å². The van der Waals surface area contributed by atoms with Crippen LogP contribution in [-0.2, 0) is 10.6 Å². The van der Waals surface area contributed by atoms with Crippen molar-refractivity contribution in [2.45, 2.75) is 71.9 Å². The predicted octanol–water partition coefficient (Wildman–Crippen LogP) is 5.91. The quantitative estimate of drug-likeness (QED) is 0.405. The molecule has 10 heteroatoms. The molecular weight excluding hydrogens is 453 g/mol. The third kappa shape index (κ3) is 5.43. The highest BCUT2D eigenvalue weighted by Gasteiger charge is 2.40. The zero-order valence-electron chi connectivity index (χ0n) is 20.3. The fourth-order valence-corrected chi connectivity index (χ4v) is 4.33. The molecule has 0 radical (unpaired) electrons. The molecule has 1 aromatic carbocycles. The number of carboxylic acid groups (broad SMARTS) is 1. The smallest absolute Gasteiger partial charge is 0.418 e. The third-order valence-electron chi connectivity index (χ3n) is 6.48. The Balaban J connectivity index is 2.88. The molecule has 0 spiro atoms. The maximum Gasteiger partial charge on any atom is 0.418 e. The average Bonchev–Trinajstić information content (AvgIpc) is 2.59. The molecule has 1 aromatic heterocycles. The number of nitrogens with two attached hydrogens (primary N) is 1. The van der Waals surface area contributed by atoms with Crippen molar-refractivity contribution < 1.29 is 27.5 Å². The van der Waals surface area contributed by atoms with E-state index in [1.807, 2.05) is 20.8 Å². The van der Waals surface area contributed by atoms with Gasteiger partial charge in [0.05, 0.1) is 23.7 Å². The molecule has 3 N–H and O–H groups in total. The van der Waals surface area contributed by atoms with Crippen LogP contribution in [0.2, 0.25) is 18.1 Å². The van der Waals surface area contributed by atoms with E-state index < -0.39 is 54.2 Å². The molecular formula is C23H33F3N2O4Si. The van der Waals surface area contributed by atoms with E-state index in [1.54, 1.807) is 0 Å². The molecule has 1 heterocycles. The minimum absolute atomic E-state index is 0.0368. The number of halogens is 3. The first-order valence-corrected chi connectivity index (χ1v) is 13.5. The van der Waals surface area contributed by atoms with Crippen molar-refractivity contribution in [3.05, 3.63) is 39.7 Å². The van der Waals surface area contributed by atoms with Crippen molar-refractivity contribution in [2.24, 2.45) is 5.41 Å². The Morgan fingerprint density at radius 3 is 2.12 bits per heavy atom. The molecule has 184 valence electrons. The van der Waals surface area contributed by atoms with Crippen LogP contribution < -0.4 is 11.2 Å². The Kier molecular flexibility index (Phi) is 6.90. The number of hydrogen-bond acceptors (Lipinski definition) is 4. The molecule has 1 atom stereocenters. The molecule has 0 fully saturated rings. The van der Waals surface area contributed by atoms with Gasteiger partial charge in [-0.1, -0.05) is 41.5 Å². The topological polar surface area (TPSA) is 94.5 Å². The molecule has 0 bridgehead atoms. The molecule has 2 rings (SSSR count). The van der Waals surface area contributed by atoms with E-state index >= 15 is 0 Å². The number of anilines is 1. The summed E-state index contributed by atoms with van der Waals surface area (Å²) in [6, 6.07) is 1.18. The first-order chi connectivity index (χ1) is 14.7. The summed E-state index contributed by atoms with van der Waals surface area (Å²) in [5.41, 5.74) is 1.90. The summed E-state index contributed by atoms with van der Waals surface area (Å²) in [6.45, 7) is 16.1. The van der Waals surface area contributed by atoms with Gasteiger partial charge in [0, 0.05) is 17.3 Å². The molecule has 0 amide bonds. The molecule has 0 aliphatic heterocycles. The Morgan fingerprint density at radius 1 is 1.15 bits per heavy atom. The lowest BCUT2D eigenvalue weighted by molar-refractivity contribution is -0.136. The summed E-state index contributed by atoms with van der Waals surface area (Å²) in [6.07, 6.45) is -3.62. The minimum Gasteiger partial charge on any atom is -0.477 e. The Bertz CT molecular complexity index is 1130. The number of nitrogens with zero attached hydrogens (tertiary/aromatic N) is 1. The lowest BCUT2D eigenvalue weighted by Crippen LogP contribution is -2.43. The van der Waals surface area contributed by atoms with E-state index in [0.29, 0.717) is 0 Å². The van der Waals surface area contributed by atoms with Crippen LogP contribution in [0.15, 0.2) is 23.1 Å². The highest BCUT2D eigenvalue weighted by molar-refractivity contribution is 6.74. The normalized spacial score (nSPS) is 14.5. The van der Waals surface area contributed by atoms with E-state index in [1.165, 1.54) is 4.57 Å². The number of aromatic carboxylic acids is 1. The van der Waals surface area contributed by atoms with Crippen molar-refractivity contribution in [2.75, 3.05) is 12.3 Å². The fraction of sp³-hybridized carbons (Fsp3) is 0.565. The summed E-state index contributed by atoms with van der Waals surface area (Å²) in [4.78, 5) is 24.6. The second-order valence-electron chi connectivity index (χ2n) is 11.0. The zero-order valence-corrected chi connectivity index (χ0v) is 21.3. The number of fused-ring (bicyclic) bond motifs is 1. The summed E-state index contributed by atoms with van der Waals surface area (Å²) in [5, 5.41) is 9.32. The largest absolute Gasteiger partial charge is 0.477 e. The van der Waals surface area contributed by atoms with Gasteiger partial charge in [0.15, 0.2) is 8.32 Å². The Hall–Kier alpha value is -2.33. The summed E-state index contributed by atoms with van der Waals surface area (Å²) < 4.78 is 48.6. The number of benzene rings is 1. The van der Waals surface area contributed by atoms with Gasteiger partial charge in [0.25, 0.3) is 0 Å². The molecule has 0 aliphatic carbocycles. The number of hydrogen-bond donors (Lipinski definition) is 2. The van der Waals surface area contributed by atoms with E-state index in [9.17, 15) is 27.9 Å². The molecule has 0 saturated carbocycles. The second-order valence-corrected chi connectivity index (χ2v) is 15.8. The number of carbonyl (C=O) groups is 1. The van der Waals surface area contributed by atoms with Gasteiger partial charge in [0.1, 0.15) is 5.56 Å². The first-order valence-electron chi connectivity index (χ1n) is 10.6. The molecule has 0 aliphatic rings. The first kappa shape index (κ1) is 26.9. The van der Waals surface area contributed by atoms with Crippen molar-refractivity contribution >= 4 is 30.9 Å². The van der Waals surface area contributed by atoms with Gasteiger partial charge in [-0.3, -0.25) is 4.79 Å². The van der Waals surface area contributed by atoms with Crippen LogP contribution in [0.1, 0.15) is 63.5 Å². The van der Waals surface area contributed by atoms with Crippen LogP contribution in [-0.4, -0.2) is 30.6 Å². The number of rotatable bonds is 5. The van der Waals surface area contributed by atoms with Gasteiger partial charge in [-0.05, 0) is 35.7 Å². The summed E-state index contributed by atoms with van der Waals surface area (Å²) >= 11 is 0. The predicted molar refractivity (Wildman–Crippen MR) is 126 cm³/mol. The molecule has 33 heavy (non-hydrogen) atoms. The highest BCUT2D eigenvalue weighted by Crippen LogP contribution is 2.41. The minimum atomic E-state index is -4.74. The van der Waals surface area contributed by atoms with Crippen LogP contribution in [0.4, 0.5) is 18.9 Å². The Labute approximate surface area is 192 Å². The lowest BCUT2D eigenvalue weighted by Gasteiger charge is -2.40. The standard InChI is InChI=1S/C23H33F3N2O4Si/c1-21(2,3)18(12-32-33(7,8)22(4,5)6)28-11-14(20(30)31)19(29)13-9-16(27)15(10-17(13)28)23(24,25)26/h9-11,18H,12,27H2,1-8H3,(H,30,31). The highest BCUT2D eigenvalue weighted by atomic mass is 28.4. The SMILES string of the molecule is CC(C)(C)C(CO[Si](C)(C)C(C)(C)C)n1cc(C(=O)O)c(=O)c2cc(N)c(C(F)(F)F)cc21. The Morgan fingerprint density at radius 2 is 1.70 bits per heavy atom. The van der Waals surface area contributed by atoms with Gasteiger partial charge >= 0.3 is 12.1 Å². The van der Waals surface area contributed by atoms with Crippen LogP contribution in [0.25, 0.3) is 10.9 Å². The van der Waals surface area contributed by atoms with Gasteiger partial charge in [-0.25, -0.2) is 4.79 Å². The van der Waals surface area contributed by atoms with E-state index in [4.69, 9.17) is 10.2 Å². The number of alkyl halides is 3. The van der Waals surface area contributed by atoms with Crippen molar-refractivity contribution in [3.8, 4) is 0 Å². The van der Waals surface area contributed by atoms with E-state index in [2.05, 4.69) is 33.9 Å². The molecule has 6 nitrogen and oxygen atoms in total. The summed E-state index contributed by atoms with van der Waals surface area (Å²) in [5.74, 6) is -1.47. The maximum absolute atomic E-state index is 13.6. The van der Waals surface area contributed by atoms with E-state index in [-0.39, 0.29) is 22.5 Å². The summed E-state index contributed by atoms with van der Waals surface area (Å²) in [7, 11) is -2.23. The van der Waals surface area contributed by atoms with Crippen molar-refractivity contribution in [1.82, 2.24) is 4.57 Å². The number of pyridine rings is 1. The molecule has 1 unspecified atom stereocenters. The number of nitrogen functional groups attached to an aromatic ring is 1. The second kappa shape index (κ2) is 8.46. The van der Waals surface area contributed by atoms with Crippen LogP contribution in [0.3, 0.4) is 0 Å². The van der Waals surface area contributed by atoms with Crippen LogP contribution in [0.5, 0.6) is 0 Å². The lowest BCUT2D eigenvalue weighted by atomic mass is 9.86. The average molecular weight is 487 g/mol. The van der Waals surface area contributed by atoms with Crippen LogP contribution in [0, 0.1) is 5.41 Å². The maximum atomic E-state index is 13.6. The van der Waals surface area contributed by atoms with Gasteiger partial charge in [0.2, 0.25) is 5.43 Å². The van der Waals surface area contributed by atoms with Crippen molar-refractivity contribution in [3.63, 3.8) is 0 Å². The fourth-order valence-electron chi connectivity index (χ4n) is 3.32. The van der Waals surface area contributed by atoms with Gasteiger partial charge in [-0.15, -0.1) is 0 Å². The third-order valence-corrected chi connectivity index (χ3v) is 11.0. The molecule has 2 aromatic rings. The van der Waals surface area contributed by atoms with E-state index in [0.717, 1.165) is 18.3 Å². The molecule has 0 saturated heterocycles. The van der Waals surface area contributed by atoms with Gasteiger partial charge < -0.3 is 19.8 Å². The number of carboxylic acids is 1. The monoisotopic (exact) mass is 486 g/mol.